The Hall–Kier alpha value is -1.56. The van der Waals surface area contributed by atoms with Crippen molar-refractivity contribution in [2.75, 3.05) is 17.1 Å². The van der Waals surface area contributed by atoms with Crippen molar-refractivity contribution in [1.29, 1.82) is 0 Å². The number of benzene rings is 1. The van der Waals surface area contributed by atoms with Crippen molar-refractivity contribution in [2.24, 2.45) is 11.8 Å². The Bertz CT molecular complexity index is 745. The van der Waals surface area contributed by atoms with Crippen LogP contribution in [0.4, 0.5) is 5.69 Å². The number of fused-ring (bicyclic) bond motifs is 2. The molecule has 1 aromatic rings. The minimum absolute atomic E-state index is 0.158. The van der Waals surface area contributed by atoms with Gasteiger partial charge in [-0.2, -0.15) is 0 Å². The zero-order valence-electron chi connectivity index (χ0n) is 14.6. The fourth-order valence-corrected chi connectivity index (χ4v) is 4.93. The summed E-state index contributed by atoms with van der Waals surface area (Å²) < 4.78 is 25.5. The predicted octanol–water partition coefficient (Wildman–Crippen LogP) is 2.37. The fourth-order valence-electron chi connectivity index (χ4n) is 4.09. The van der Waals surface area contributed by atoms with E-state index in [-0.39, 0.29) is 18.5 Å². The highest BCUT2D eigenvalue weighted by Crippen LogP contribution is 2.44. The van der Waals surface area contributed by atoms with E-state index in [0.29, 0.717) is 11.6 Å². The molecule has 0 radical (unpaired) electrons. The topological polar surface area (TPSA) is 66.5 Å². The second-order valence-corrected chi connectivity index (χ2v) is 9.29. The summed E-state index contributed by atoms with van der Waals surface area (Å²) in [7, 11) is -3.51. The quantitative estimate of drug-likeness (QED) is 0.886. The summed E-state index contributed by atoms with van der Waals surface area (Å²) in [5.41, 5.74) is 2.65. The van der Waals surface area contributed by atoms with Crippen LogP contribution >= 0.6 is 0 Å². The van der Waals surface area contributed by atoms with Gasteiger partial charge in [-0.1, -0.05) is 12.5 Å². The number of amides is 1. The number of hydrogen-bond donors (Lipinski definition) is 1. The van der Waals surface area contributed by atoms with Gasteiger partial charge in [0, 0.05) is 6.04 Å². The van der Waals surface area contributed by atoms with Crippen LogP contribution in [0.1, 0.15) is 36.8 Å². The van der Waals surface area contributed by atoms with Gasteiger partial charge in [0.2, 0.25) is 15.9 Å². The number of nitrogens with zero attached hydrogens (tertiary/aromatic N) is 1. The fraction of sp³-hybridized carbons (Fsp3) is 0.611. The highest BCUT2D eigenvalue weighted by molar-refractivity contribution is 7.92. The Kier molecular flexibility index (Phi) is 4.60. The van der Waals surface area contributed by atoms with Crippen molar-refractivity contribution in [3.05, 3.63) is 29.3 Å². The van der Waals surface area contributed by atoms with Crippen molar-refractivity contribution < 1.29 is 13.2 Å². The molecule has 0 spiro atoms. The van der Waals surface area contributed by atoms with Crippen molar-refractivity contribution in [2.45, 2.75) is 45.6 Å². The van der Waals surface area contributed by atoms with E-state index >= 15 is 0 Å². The molecule has 0 heterocycles. The van der Waals surface area contributed by atoms with E-state index in [9.17, 15) is 13.2 Å². The van der Waals surface area contributed by atoms with Gasteiger partial charge < -0.3 is 5.32 Å². The molecule has 2 fully saturated rings. The summed E-state index contributed by atoms with van der Waals surface area (Å²) in [5, 5.41) is 3.06. The van der Waals surface area contributed by atoms with Gasteiger partial charge in [-0.05, 0) is 68.2 Å². The molecule has 1 aromatic carbocycles. The van der Waals surface area contributed by atoms with Crippen molar-refractivity contribution >= 4 is 21.6 Å². The third kappa shape index (κ3) is 3.58. The van der Waals surface area contributed by atoms with Crippen molar-refractivity contribution in [3.8, 4) is 0 Å². The molecule has 0 aliphatic heterocycles. The summed E-state index contributed by atoms with van der Waals surface area (Å²) in [5.74, 6) is 1.11. The number of aryl methyl sites for hydroxylation is 2. The lowest BCUT2D eigenvalue weighted by Crippen LogP contribution is -2.45. The zero-order chi connectivity index (χ0) is 17.5. The molecule has 5 nitrogen and oxygen atoms in total. The van der Waals surface area contributed by atoms with Gasteiger partial charge in [0.1, 0.15) is 6.54 Å². The Morgan fingerprint density at radius 1 is 1.21 bits per heavy atom. The number of carbonyl (C=O) groups excluding carboxylic acids is 1. The van der Waals surface area contributed by atoms with Gasteiger partial charge in [-0.15, -0.1) is 0 Å². The van der Waals surface area contributed by atoms with Crippen molar-refractivity contribution in [3.63, 3.8) is 0 Å². The Morgan fingerprint density at radius 3 is 2.50 bits per heavy atom. The molecule has 0 unspecified atom stereocenters. The van der Waals surface area contributed by atoms with Crippen LogP contribution in [0.3, 0.4) is 0 Å². The first-order valence-electron chi connectivity index (χ1n) is 8.58. The predicted molar refractivity (Wildman–Crippen MR) is 95.5 cm³/mol. The van der Waals surface area contributed by atoms with Crippen molar-refractivity contribution in [1.82, 2.24) is 5.32 Å². The minimum atomic E-state index is -3.51. The molecule has 0 aromatic heterocycles. The number of rotatable bonds is 5. The van der Waals surface area contributed by atoms with Crippen LogP contribution in [-0.4, -0.2) is 33.2 Å². The molecule has 3 atom stereocenters. The summed E-state index contributed by atoms with van der Waals surface area (Å²) >= 11 is 0. The van der Waals surface area contributed by atoms with Gasteiger partial charge in [0.15, 0.2) is 0 Å². The van der Waals surface area contributed by atoms with Crippen LogP contribution in [0.2, 0.25) is 0 Å². The maximum Gasteiger partial charge on any atom is 0.241 e. The average Bonchev–Trinajstić information content (AvgIpc) is 3.09. The standard InChI is InChI=1S/C18H26N2O3S/c1-12-4-7-16(8-13(12)2)20(24(3,22)23)11-18(21)19-17-10-14-5-6-15(17)9-14/h4,7-8,14-15,17H,5-6,9-11H2,1-3H3,(H,19,21)/t14-,15-,17+/m1/s1. The summed E-state index contributed by atoms with van der Waals surface area (Å²) in [6.45, 7) is 3.76. The lowest BCUT2D eigenvalue weighted by Gasteiger charge is -2.26. The van der Waals surface area contributed by atoms with E-state index in [1.165, 1.54) is 23.6 Å². The molecular formula is C18H26N2O3S. The van der Waals surface area contributed by atoms with Gasteiger partial charge in [0.05, 0.1) is 11.9 Å². The second-order valence-electron chi connectivity index (χ2n) is 7.39. The molecule has 1 N–H and O–H groups in total. The summed E-state index contributed by atoms with van der Waals surface area (Å²) in [6, 6.07) is 5.68. The van der Waals surface area contributed by atoms with Gasteiger partial charge >= 0.3 is 0 Å². The second kappa shape index (κ2) is 6.39. The van der Waals surface area contributed by atoms with Crippen LogP contribution in [0.15, 0.2) is 18.2 Å². The Labute approximate surface area is 144 Å². The smallest absolute Gasteiger partial charge is 0.241 e. The molecule has 0 saturated heterocycles. The molecular weight excluding hydrogens is 324 g/mol. The van der Waals surface area contributed by atoms with E-state index in [1.54, 1.807) is 6.07 Å². The number of sulfonamides is 1. The SMILES string of the molecule is Cc1ccc(N(CC(=O)N[C@H]2C[C@@H]3CC[C@@H]2C3)S(C)(=O)=O)cc1C. The molecule has 1 amide bonds. The van der Waals surface area contributed by atoms with Crippen LogP contribution in [0, 0.1) is 25.7 Å². The number of anilines is 1. The third-order valence-electron chi connectivity index (χ3n) is 5.55. The average molecular weight is 350 g/mol. The lowest BCUT2D eigenvalue weighted by atomic mass is 9.95. The normalized spacial score (nSPS) is 25.7. The van der Waals surface area contributed by atoms with Crippen LogP contribution in [0.25, 0.3) is 0 Å². The highest BCUT2D eigenvalue weighted by Gasteiger charge is 2.40. The molecule has 24 heavy (non-hydrogen) atoms. The Morgan fingerprint density at radius 2 is 1.96 bits per heavy atom. The molecule has 6 heteroatoms. The molecule has 2 aliphatic rings. The third-order valence-corrected chi connectivity index (χ3v) is 6.69. The van der Waals surface area contributed by atoms with Gasteiger partial charge in [0.25, 0.3) is 0 Å². The Balaban J connectivity index is 1.72. The van der Waals surface area contributed by atoms with E-state index < -0.39 is 10.0 Å². The monoisotopic (exact) mass is 350 g/mol. The lowest BCUT2D eigenvalue weighted by molar-refractivity contribution is -0.120. The first kappa shape index (κ1) is 17.3. The first-order chi connectivity index (χ1) is 11.2. The molecule has 2 saturated carbocycles. The highest BCUT2D eigenvalue weighted by atomic mass is 32.2. The summed E-state index contributed by atoms with van der Waals surface area (Å²) in [6.07, 6.45) is 5.85. The zero-order valence-corrected chi connectivity index (χ0v) is 15.4. The molecule has 132 valence electrons. The van der Waals surface area contributed by atoms with E-state index in [0.717, 1.165) is 29.7 Å². The number of carbonyl (C=O) groups is 1. The summed E-state index contributed by atoms with van der Waals surface area (Å²) in [4.78, 5) is 12.4. The number of nitrogens with one attached hydrogen (secondary N) is 1. The van der Waals surface area contributed by atoms with Crippen LogP contribution < -0.4 is 9.62 Å². The molecule has 3 rings (SSSR count). The maximum atomic E-state index is 12.4. The van der Waals surface area contributed by atoms with Gasteiger partial charge in [-0.3, -0.25) is 9.10 Å². The molecule has 2 bridgehead atoms. The minimum Gasteiger partial charge on any atom is -0.352 e. The molecule has 2 aliphatic carbocycles. The van der Waals surface area contributed by atoms with Crippen LogP contribution in [0.5, 0.6) is 0 Å². The largest absolute Gasteiger partial charge is 0.352 e. The maximum absolute atomic E-state index is 12.4. The van der Waals surface area contributed by atoms with E-state index in [2.05, 4.69) is 5.32 Å². The number of hydrogen-bond acceptors (Lipinski definition) is 3. The van der Waals surface area contributed by atoms with E-state index in [1.807, 2.05) is 26.0 Å². The van der Waals surface area contributed by atoms with E-state index in [4.69, 9.17) is 0 Å². The first-order valence-corrected chi connectivity index (χ1v) is 10.4. The van der Waals surface area contributed by atoms with Crippen LogP contribution in [-0.2, 0) is 14.8 Å². The van der Waals surface area contributed by atoms with Gasteiger partial charge in [-0.25, -0.2) is 8.42 Å².